The van der Waals surface area contributed by atoms with Gasteiger partial charge >= 0.3 is 0 Å². The Morgan fingerprint density at radius 3 is 2.70 bits per heavy atom. The van der Waals surface area contributed by atoms with Crippen LogP contribution in [0.4, 0.5) is 0 Å². The van der Waals surface area contributed by atoms with Gasteiger partial charge in [0.25, 0.3) is 0 Å². The number of nitrogens with one attached hydrogen (secondary N) is 1. The van der Waals surface area contributed by atoms with Crippen molar-refractivity contribution in [2.75, 3.05) is 27.2 Å². The molecule has 140 valence electrons. The van der Waals surface area contributed by atoms with Crippen molar-refractivity contribution in [2.24, 2.45) is 0 Å². The molecule has 1 aromatic heterocycles. The van der Waals surface area contributed by atoms with E-state index in [-0.39, 0.29) is 11.9 Å². The highest BCUT2D eigenvalue weighted by molar-refractivity contribution is 5.84. The zero-order valence-corrected chi connectivity index (χ0v) is 16.0. The number of nitrogens with zero attached hydrogens (tertiary/aromatic N) is 2. The fourth-order valence-electron chi connectivity index (χ4n) is 3.15. The molecular formula is C22H25N3O2. The quantitative estimate of drug-likeness (QED) is 0.654. The number of aryl methyl sites for hydroxylation is 1. The number of aromatic nitrogens is 1. The molecule has 0 aliphatic carbocycles. The molecule has 0 fully saturated rings. The number of pyridine rings is 1. The van der Waals surface area contributed by atoms with Crippen molar-refractivity contribution in [3.63, 3.8) is 0 Å². The molecule has 0 saturated heterocycles. The van der Waals surface area contributed by atoms with Crippen LogP contribution in [0.1, 0.15) is 17.2 Å². The van der Waals surface area contributed by atoms with Crippen LogP contribution >= 0.6 is 0 Å². The molecule has 5 heteroatoms. The van der Waals surface area contributed by atoms with Gasteiger partial charge in [-0.15, -0.1) is 0 Å². The Morgan fingerprint density at radius 1 is 1.15 bits per heavy atom. The van der Waals surface area contributed by atoms with Gasteiger partial charge in [0.05, 0.1) is 6.54 Å². The lowest BCUT2D eigenvalue weighted by Gasteiger charge is -2.24. The third-order valence-electron chi connectivity index (χ3n) is 4.38. The molecule has 0 bridgehead atoms. The first-order valence-electron chi connectivity index (χ1n) is 9.03. The summed E-state index contributed by atoms with van der Waals surface area (Å²) in [6.07, 6.45) is 1.75. The number of para-hydroxylation sites is 1. The Bertz CT molecular complexity index is 919. The number of carbonyl (C=O) groups excluding carboxylic acids is 1. The minimum absolute atomic E-state index is 0.0368. The summed E-state index contributed by atoms with van der Waals surface area (Å²) in [6.45, 7) is 2.84. The zero-order valence-electron chi connectivity index (χ0n) is 16.0. The van der Waals surface area contributed by atoms with Crippen molar-refractivity contribution in [2.45, 2.75) is 13.0 Å². The molecule has 3 rings (SSSR count). The van der Waals surface area contributed by atoms with Crippen molar-refractivity contribution in [3.8, 4) is 5.75 Å². The van der Waals surface area contributed by atoms with E-state index in [1.54, 1.807) is 6.20 Å². The summed E-state index contributed by atoms with van der Waals surface area (Å²) in [5.41, 5.74) is 2.95. The van der Waals surface area contributed by atoms with Crippen LogP contribution in [0.15, 0.2) is 60.8 Å². The molecule has 0 aliphatic rings. The minimum Gasteiger partial charge on any atom is -0.489 e. The van der Waals surface area contributed by atoms with Crippen LogP contribution in [0, 0.1) is 6.92 Å². The highest BCUT2D eigenvalue weighted by atomic mass is 16.5. The van der Waals surface area contributed by atoms with E-state index in [4.69, 9.17) is 4.74 Å². The first-order valence-corrected chi connectivity index (χ1v) is 9.03. The molecule has 1 heterocycles. The van der Waals surface area contributed by atoms with E-state index in [0.717, 1.165) is 27.8 Å². The third kappa shape index (κ3) is 4.63. The molecule has 5 nitrogen and oxygen atoms in total. The van der Waals surface area contributed by atoms with Crippen LogP contribution in [0.3, 0.4) is 0 Å². The summed E-state index contributed by atoms with van der Waals surface area (Å²) in [5.74, 6) is 0.690. The molecular weight excluding hydrogens is 338 g/mol. The maximum atomic E-state index is 12.7. The summed E-state index contributed by atoms with van der Waals surface area (Å²) in [7, 11) is 3.82. The van der Waals surface area contributed by atoms with E-state index in [1.807, 2.05) is 80.5 Å². The maximum Gasteiger partial charge on any atom is 0.242 e. The summed E-state index contributed by atoms with van der Waals surface area (Å²) in [4.78, 5) is 19.0. The molecule has 0 spiro atoms. The average molecular weight is 363 g/mol. The molecule has 0 unspecified atom stereocenters. The average Bonchev–Trinajstić information content (AvgIpc) is 2.65. The summed E-state index contributed by atoms with van der Waals surface area (Å²) >= 11 is 0. The zero-order chi connectivity index (χ0) is 19.2. The predicted molar refractivity (Wildman–Crippen MR) is 108 cm³/mol. The van der Waals surface area contributed by atoms with Crippen LogP contribution in [-0.2, 0) is 4.79 Å². The molecule has 1 N–H and O–H groups in total. The standard InChI is InChI=1S/C22H25N3O2/c1-16-7-4-9-18(15-16)21(25(2)3)22(26)24-13-14-27-19-11-5-8-17-10-6-12-23-20(17)19/h4-12,15,21H,13-14H2,1-3H3,(H,24,26)/t21-/m1/s1. The summed E-state index contributed by atoms with van der Waals surface area (Å²) < 4.78 is 5.84. The molecule has 27 heavy (non-hydrogen) atoms. The number of likely N-dealkylation sites (N-methyl/N-ethyl adjacent to an activating group) is 1. The van der Waals surface area contributed by atoms with E-state index < -0.39 is 0 Å². The van der Waals surface area contributed by atoms with Gasteiger partial charge in [-0.25, -0.2) is 0 Å². The second-order valence-electron chi connectivity index (χ2n) is 6.75. The number of rotatable bonds is 7. The van der Waals surface area contributed by atoms with Crippen LogP contribution in [0.25, 0.3) is 10.9 Å². The predicted octanol–water partition coefficient (Wildman–Crippen LogP) is 3.34. The Balaban J connectivity index is 1.59. The van der Waals surface area contributed by atoms with Gasteiger partial charge in [0.15, 0.2) is 0 Å². The van der Waals surface area contributed by atoms with E-state index in [2.05, 4.69) is 10.3 Å². The van der Waals surface area contributed by atoms with Crippen molar-refractivity contribution < 1.29 is 9.53 Å². The van der Waals surface area contributed by atoms with Gasteiger partial charge in [-0.2, -0.15) is 0 Å². The van der Waals surface area contributed by atoms with Crippen molar-refractivity contribution in [1.29, 1.82) is 0 Å². The Hall–Kier alpha value is -2.92. The molecule has 0 aliphatic heterocycles. The van der Waals surface area contributed by atoms with Crippen LogP contribution in [0.2, 0.25) is 0 Å². The molecule has 2 aromatic carbocycles. The maximum absolute atomic E-state index is 12.7. The smallest absolute Gasteiger partial charge is 0.242 e. The lowest BCUT2D eigenvalue weighted by atomic mass is 10.0. The summed E-state index contributed by atoms with van der Waals surface area (Å²) in [5, 5.41) is 4.01. The van der Waals surface area contributed by atoms with Crippen molar-refractivity contribution in [1.82, 2.24) is 15.2 Å². The second kappa shape index (κ2) is 8.64. The minimum atomic E-state index is -0.330. The number of carbonyl (C=O) groups is 1. The Labute approximate surface area is 160 Å². The largest absolute Gasteiger partial charge is 0.489 e. The molecule has 1 atom stereocenters. The fourth-order valence-corrected chi connectivity index (χ4v) is 3.15. The van der Waals surface area contributed by atoms with E-state index in [9.17, 15) is 4.79 Å². The SMILES string of the molecule is Cc1cccc([C@H](C(=O)NCCOc2cccc3cccnc23)N(C)C)c1. The van der Waals surface area contributed by atoms with Crippen LogP contribution < -0.4 is 10.1 Å². The number of benzene rings is 2. The highest BCUT2D eigenvalue weighted by Gasteiger charge is 2.22. The molecule has 3 aromatic rings. The first-order chi connectivity index (χ1) is 13.1. The molecule has 0 radical (unpaired) electrons. The third-order valence-corrected chi connectivity index (χ3v) is 4.38. The van der Waals surface area contributed by atoms with E-state index in [0.29, 0.717) is 13.2 Å². The number of ether oxygens (including phenoxy) is 1. The van der Waals surface area contributed by atoms with Crippen LogP contribution in [0.5, 0.6) is 5.75 Å². The van der Waals surface area contributed by atoms with Crippen LogP contribution in [-0.4, -0.2) is 43.0 Å². The summed E-state index contributed by atoms with van der Waals surface area (Å²) in [6, 6.07) is 17.4. The number of hydrogen-bond donors (Lipinski definition) is 1. The fraction of sp³-hybridized carbons (Fsp3) is 0.273. The lowest BCUT2D eigenvalue weighted by Crippen LogP contribution is -2.38. The number of fused-ring (bicyclic) bond motifs is 1. The molecule has 1 amide bonds. The topological polar surface area (TPSA) is 54.5 Å². The lowest BCUT2D eigenvalue weighted by molar-refractivity contribution is -0.125. The molecule has 0 saturated carbocycles. The van der Waals surface area contributed by atoms with E-state index >= 15 is 0 Å². The van der Waals surface area contributed by atoms with Gasteiger partial charge in [0.2, 0.25) is 5.91 Å². The van der Waals surface area contributed by atoms with Gasteiger partial charge in [-0.1, -0.05) is 48.0 Å². The second-order valence-corrected chi connectivity index (χ2v) is 6.75. The van der Waals surface area contributed by atoms with Gasteiger partial charge in [0, 0.05) is 11.6 Å². The first kappa shape index (κ1) is 18.9. The van der Waals surface area contributed by atoms with Gasteiger partial charge in [-0.05, 0) is 38.7 Å². The van der Waals surface area contributed by atoms with Gasteiger partial charge in [0.1, 0.15) is 23.9 Å². The van der Waals surface area contributed by atoms with E-state index in [1.165, 1.54) is 0 Å². The normalized spacial score (nSPS) is 12.1. The van der Waals surface area contributed by atoms with Crippen molar-refractivity contribution >= 4 is 16.8 Å². The highest BCUT2D eigenvalue weighted by Crippen LogP contribution is 2.23. The van der Waals surface area contributed by atoms with Gasteiger partial charge < -0.3 is 10.1 Å². The Morgan fingerprint density at radius 2 is 1.93 bits per heavy atom. The number of amides is 1. The monoisotopic (exact) mass is 363 g/mol. The Kier molecular flexibility index (Phi) is 6.04. The number of hydrogen-bond acceptors (Lipinski definition) is 4. The van der Waals surface area contributed by atoms with Gasteiger partial charge in [-0.3, -0.25) is 14.7 Å². The van der Waals surface area contributed by atoms with Crippen molar-refractivity contribution in [3.05, 3.63) is 71.9 Å².